The van der Waals surface area contributed by atoms with Crippen LogP contribution in [0.25, 0.3) is 0 Å². The Morgan fingerprint density at radius 1 is 1.00 bits per heavy atom. The van der Waals surface area contributed by atoms with E-state index >= 15 is 0 Å². The molecule has 0 aliphatic heterocycles. The summed E-state index contributed by atoms with van der Waals surface area (Å²) in [6, 6.07) is 0. The van der Waals surface area contributed by atoms with Crippen molar-refractivity contribution in [1.82, 2.24) is 4.90 Å². The number of Topliss-reactive ketones (excluding diaryl/α,β-unsaturated/α-hetero) is 1. The third-order valence-corrected chi connectivity index (χ3v) is 3.56. The molecule has 0 unspecified atom stereocenters. The number of allylic oxidation sites excluding steroid dienone is 3. The molecule has 31 heavy (non-hydrogen) atoms. The van der Waals surface area contributed by atoms with Crippen LogP contribution in [-0.2, 0) is 28.6 Å². The molecule has 8 heteroatoms. The Bertz CT molecular complexity index is 834. The van der Waals surface area contributed by atoms with Crippen LogP contribution in [0.1, 0.15) is 62.3 Å². The Labute approximate surface area is 183 Å². The number of ether oxygens (including phenoxy) is 3. The molecule has 0 aromatic rings. The molecule has 0 aromatic heterocycles. The highest BCUT2D eigenvalue weighted by Crippen LogP contribution is 2.25. The molecule has 172 valence electrons. The van der Waals surface area contributed by atoms with Crippen LogP contribution in [0.4, 0.5) is 4.79 Å². The first kappa shape index (κ1) is 26.1. The molecule has 0 radical (unpaired) electrons. The van der Waals surface area contributed by atoms with E-state index in [0.29, 0.717) is 5.57 Å². The molecule has 8 nitrogen and oxygen atoms in total. The second kappa shape index (κ2) is 10.4. The van der Waals surface area contributed by atoms with Crippen molar-refractivity contribution in [2.45, 2.75) is 80.1 Å². The van der Waals surface area contributed by atoms with Gasteiger partial charge in [0.05, 0.1) is 18.8 Å². The summed E-state index contributed by atoms with van der Waals surface area (Å²) >= 11 is 0. The van der Waals surface area contributed by atoms with Crippen LogP contribution in [0.2, 0.25) is 0 Å². The van der Waals surface area contributed by atoms with Gasteiger partial charge in [-0.05, 0) is 68.4 Å². The topological polar surface area (TPSA) is 99.2 Å². The second-order valence-electron chi connectivity index (χ2n) is 8.98. The Kier molecular flexibility index (Phi) is 8.78. The fourth-order valence-corrected chi connectivity index (χ4v) is 2.50. The zero-order valence-corrected chi connectivity index (χ0v) is 19.8. The van der Waals surface area contributed by atoms with E-state index in [1.807, 2.05) is 0 Å². The molecule has 1 aliphatic carbocycles. The second-order valence-corrected chi connectivity index (χ2v) is 8.98. The predicted octanol–water partition coefficient (Wildman–Crippen LogP) is 3.86. The number of nitrogens with zero attached hydrogens (tertiary/aromatic N) is 1. The van der Waals surface area contributed by atoms with E-state index in [4.69, 9.17) is 14.2 Å². The molecule has 2 amide bonds. The van der Waals surface area contributed by atoms with Gasteiger partial charge < -0.3 is 14.2 Å². The minimum absolute atomic E-state index is 0.0712. The summed E-state index contributed by atoms with van der Waals surface area (Å²) in [5.41, 5.74) is -0.265. The van der Waals surface area contributed by atoms with Crippen molar-refractivity contribution in [1.29, 1.82) is 0 Å². The lowest BCUT2D eigenvalue weighted by atomic mass is 9.99. The SMILES string of the molecule is CC(C)=CC(=O)N(CC1=CC(=O)C(OC(C)C)=C(OC(C)C)C1=O)C(=O)OC(C)(C)C. The smallest absolute Gasteiger partial charge is 0.417 e. The van der Waals surface area contributed by atoms with E-state index in [1.54, 1.807) is 62.3 Å². The van der Waals surface area contributed by atoms with Gasteiger partial charge in [-0.1, -0.05) is 5.57 Å². The van der Waals surface area contributed by atoms with Crippen LogP contribution < -0.4 is 0 Å². The molecule has 0 saturated heterocycles. The number of hydrogen-bond donors (Lipinski definition) is 0. The molecular weight excluding hydrogens is 402 g/mol. The van der Waals surface area contributed by atoms with Crippen LogP contribution in [0.15, 0.2) is 34.8 Å². The largest absolute Gasteiger partial charge is 0.483 e. The van der Waals surface area contributed by atoms with Crippen LogP contribution in [0.3, 0.4) is 0 Å². The average Bonchev–Trinajstić information content (AvgIpc) is 2.56. The summed E-state index contributed by atoms with van der Waals surface area (Å²) in [7, 11) is 0. The summed E-state index contributed by atoms with van der Waals surface area (Å²) in [6.07, 6.45) is 0.654. The summed E-state index contributed by atoms with van der Waals surface area (Å²) in [5.74, 6) is -2.27. The standard InChI is InChI=1S/C23H33NO7/c1-13(2)10-18(26)24(22(28)31-23(7,8)9)12-16-11-17(25)20(29-14(3)4)21(19(16)27)30-15(5)6/h10-11,14-15H,12H2,1-9H3. The number of carbonyl (C=O) groups is 4. The van der Waals surface area contributed by atoms with E-state index < -0.39 is 41.8 Å². The van der Waals surface area contributed by atoms with Gasteiger partial charge in [0.1, 0.15) is 5.60 Å². The van der Waals surface area contributed by atoms with Crippen molar-refractivity contribution in [3.63, 3.8) is 0 Å². The summed E-state index contributed by atoms with van der Waals surface area (Å²) in [4.78, 5) is 51.9. The number of imide groups is 1. The summed E-state index contributed by atoms with van der Waals surface area (Å²) in [5, 5.41) is 0. The minimum Gasteiger partial charge on any atom is -0.483 e. The minimum atomic E-state index is -0.921. The Hall–Kier alpha value is -2.90. The van der Waals surface area contributed by atoms with Gasteiger partial charge in [-0.25, -0.2) is 9.69 Å². The fourth-order valence-electron chi connectivity index (χ4n) is 2.50. The van der Waals surface area contributed by atoms with Crippen molar-refractivity contribution < 1.29 is 33.4 Å². The molecule has 0 aromatic carbocycles. The first-order chi connectivity index (χ1) is 14.1. The first-order valence-corrected chi connectivity index (χ1v) is 10.2. The third kappa shape index (κ3) is 8.03. The zero-order chi connectivity index (χ0) is 24.1. The van der Waals surface area contributed by atoms with Crippen molar-refractivity contribution in [3.05, 3.63) is 34.8 Å². The van der Waals surface area contributed by atoms with E-state index in [-0.39, 0.29) is 23.2 Å². The maximum Gasteiger partial charge on any atom is 0.417 e. The van der Waals surface area contributed by atoms with Crippen molar-refractivity contribution >= 4 is 23.6 Å². The normalized spacial score (nSPS) is 14.5. The molecule has 0 fully saturated rings. The molecular formula is C23H33NO7. The van der Waals surface area contributed by atoms with E-state index in [9.17, 15) is 19.2 Å². The van der Waals surface area contributed by atoms with Crippen LogP contribution in [0, 0.1) is 0 Å². The zero-order valence-electron chi connectivity index (χ0n) is 19.8. The summed E-state index contributed by atoms with van der Waals surface area (Å²) < 4.78 is 16.4. The first-order valence-electron chi connectivity index (χ1n) is 10.2. The number of carbonyl (C=O) groups excluding carboxylic acids is 4. The Balaban J connectivity index is 3.35. The fraction of sp³-hybridized carbons (Fsp3) is 0.565. The molecule has 0 heterocycles. The molecule has 0 N–H and O–H groups in total. The molecule has 1 aliphatic rings. The van der Waals surface area contributed by atoms with E-state index in [0.717, 1.165) is 11.0 Å². The number of ketones is 2. The van der Waals surface area contributed by atoms with Crippen molar-refractivity contribution in [2.75, 3.05) is 6.54 Å². The molecule has 0 bridgehead atoms. The average molecular weight is 436 g/mol. The molecule has 0 atom stereocenters. The highest BCUT2D eigenvalue weighted by atomic mass is 16.6. The lowest BCUT2D eigenvalue weighted by molar-refractivity contribution is -0.126. The van der Waals surface area contributed by atoms with Crippen molar-refractivity contribution in [3.8, 4) is 0 Å². The van der Waals surface area contributed by atoms with Gasteiger partial charge in [-0.3, -0.25) is 14.4 Å². The lowest BCUT2D eigenvalue weighted by Crippen LogP contribution is -2.43. The molecule has 0 saturated carbocycles. The summed E-state index contributed by atoms with van der Waals surface area (Å²) in [6.45, 7) is 14.8. The van der Waals surface area contributed by atoms with E-state index in [2.05, 4.69) is 0 Å². The van der Waals surface area contributed by atoms with E-state index in [1.165, 1.54) is 6.08 Å². The van der Waals surface area contributed by atoms with Gasteiger partial charge in [0, 0.05) is 11.6 Å². The lowest BCUT2D eigenvalue weighted by Gasteiger charge is -2.27. The Morgan fingerprint density at radius 3 is 1.97 bits per heavy atom. The monoisotopic (exact) mass is 435 g/mol. The number of hydrogen-bond acceptors (Lipinski definition) is 7. The van der Waals surface area contributed by atoms with Crippen molar-refractivity contribution in [2.24, 2.45) is 0 Å². The van der Waals surface area contributed by atoms with Gasteiger partial charge in [0.15, 0.2) is 0 Å². The third-order valence-electron chi connectivity index (χ3n) is 3.56. The molecule has 1 rings (SSSR count). The molecule has 0 spiro atoms. The van der Waals surface area contributed by atoms with Gasteiger partial charge >= 0.3 is 6.09 Å². The van der Waals surface area contributed by atoms with Gasteiger partial charge in [-0.15, -0.1) is 0 Å². The predicted molar refractivity (Wildman–Crippen MR) is 115 cm³/mol. The number of rotatable bonds is 7. The van der Waals surface area contributed by atoms with Gasteiger partial charge in [0.2, 0.25) is 23.1 Å². The Morgan fingerprint density at radius 2 is 1.52 bits per heavy atom. The van der Waals surface area contributed by atoms with Crippen LogP contribution in [0.5, 0.6) is 0 Å². The van der Waals surface area contributed by atoms with Gasteiger partial charge in [0.25, 0.3) is 5.91 Å². The van der Waals surface area contributed by atoms with Crippen LogP contribution >= 0.6 is 0 Å². The highest BCUT2D eigenvalue weighted by molar-refractivity contribution is 6.21. The quantitative estimate of drug-likeness (QED) is 0.442. The highest BCUT2D eigenvalue weighted by Gasteiger charge is 2.36. The van der Waals surface area contributed by atoms with Gasteiger partial charge in [-0.2, -0.15) is 0 Å². The maximum absolute atomic E-state index is 13.1. The number of amides is 2. The maximum atomic E-state index is 13.1. The van der Waals surface area contributed by atoms with Crippen LogP contribution in [-0.4, -0.2) is 52.8 Å².